The minimum Gasteiger partial charge on any atom is -0.357 e. The van der Waals surface area contributed by atoms with E-state index in [0.29, 0.717) is 23.1 Å². The van der Waals surface area contributed by atoms with Crippen molar-refractivity contribution in [1.82, 2.24) is 9.62 Å². The Labute approximate surface area is 156 Å². The highest BCUT2D eigenvalue weighted by molar-refractivity contribution is 7.89. The van der Waals surface area contributed by atoms with Gasteiger partial charge in [-0.25, -0.2) is 8.42 Å². The third-order valence-corrected chi connectivity index (χ3v) is 6.46. The third-order valence-electron chi connectivity index (χ3n) is 4.32. The molecule has 0 aromatic heterocycles. The lowest BCUT2D eigenvalue weighted by atomic mass is 10.2. The quantitative estimate of drug-likeness (QED) is 0.626. The van der Waals surface area contributed by atoms with Crippen LogP contribution in [-0.4, -0.2) is 58.1 Å². The number of nitrogens with one attached hydrogen (secondary N) is 3. The number of likely N-dealkylation sites (N-methyl/N-ethyl adjacent to an activating group) is 1. The first kappa shape index (κ1) is 20.1. The maximum absolute atomic E-state index is 12.8. The van der Waals surface area contributed by atoms with Gasteiger partial charge in [0.1, 0.15) is 0 Å². The lowest BCUT2D eigenvalue weighted by Gasteiger charge is -2.26. The molecule has 8 heteroatoms. The summed E-state index contributed by atoms with van der Waals surface area (Å²) in [6.45, 7) is 4.85. The number of piperidine rings is 1. The highest BCUT2D eigenvalue weighted by atomic mass is 32.2. The van der Waals surface area contributed by atoms with Gasteiger partial charge in [-0.1, -0.05) is 12.5 Å². The molecule has 0 bridgehead atoms. The second kappa shape index (κ2) is 8.93. The van der Waals surface area contributed by atoms with Gasteiger partial charge in [-0.05, 0) is 49.7 Å². The van der Waals surface area contributed by atoms with Crippen LogP contribution in [0.2, 0.25) is 0 Å². The molecule has 2 rings (SSSR count). The summed E-state index contributed by atoms with van der Waals surface area (Å²) in [5, 5.41) is 6.79. The average molecular weight is 386 g/mol. The number of sulfonamides is 1. The zero-order chi connectivity index (χ0) is 18.4. The first-order valence-corrected chi connectivity index (χ1v) is 10.6. The molecule has 6 nitrogen and oxygen atoms in total. The van der Waals surface area contributed by atoms with Crippen LogP contribution >= 0.6 is 12.2 Å². The number of aryl methyl sites for hydroxylation is 1. The SMILES string of the molecule is Cc1ccc(S(=O)(=O)N2CCCCC2)cc1NC(=S)NCC[NH+](C)C. The first-order valence-electron chi connectivity index (χ1n) is 8.75. The van der Waals surface area contributed by atoms with E-state index in [0.717, 1.165) is 43.6 Å². The van der Waals surface area contributed by atoms with E-state index in [1.807, 2.05) is 13.0 Å². The number of nitrogens with zero attached hydrogens (tertiary/aromatic N) is 1. The van der Waals surface area contributed by atoms with Gasteiger partial charge in [0.05, 0.1) is 32.1 Å². The minimum absolute atomic E-state index is 0.322. The van der Waals surface area contributed by atoms with Crippen LogP contribution in [0.15, 0.2) is 23.1 Å². The standard InChI is InChI=1S/C17H28N4O2S2/c1-14-7-8-15(25(22,23)21-10-5-4-6-11-21)13-16(14)19-17(24)18-9-12-20(2)3/h7-8,13H,4-6,9-12H2,1-3H3,(H2,18,19,24)/p+1. The van der Waals surface area contributed by atoms with Crippen molar-refractivity contribution in [3.8, 4) is 0 Å². The molecule has 0 aliphatic carbocycles. The fourth-order valence-corrected chi connectivity index (χ4v) is 4.50. The topological polar surface area (TPSA) is 65.9 Å². The molecule has 0 atom stereocenters. The summed E-state index contributed by atoms with van der Waals surface area (Å²) in [6.07, 6.45) is 2.96. The van der Waals surface area contributed by atoms with Crippen molar-refractivity contribution in [3.05, 3.63) is 23.8 Å². The molecular formula is C17H29N4O2S2+. The zero-order valence-corrected chi connectivity index (χ0v) is 16.9. The summed E-state index contributed by atoms with van der Waals surface area (Å²) in [6, 6.07) is 5.19. The molecule has 1 aliphatic heterocycles. The fraction of sp³-hybridized carbons (Fsp3) is 0.588. The third kappa shape index (κ3) is 5.64. The average Bonchev–Trinajstić information content (AvgIpc) is 2.57. The van der Waals surface area contributed by atoms with E-state index in [-0.39, 0.29) is 0 Å². The molecule has 140 valence electrons. The van der Waals surface area contributed by atoms with Gasteiger partial charge >= 0.3 is 0 Å². The van der Waals surface area contributed by atoms with Crippen LogP contribution in [0.1, 0.15) is 24.8 Å². The van der Waals surface area contributed by atoms with Crippen molar-refractivity contribution in [2.45, 2.75) is 31.1 Å². The van der Waals surface area contributed by atoms with Crippen molar-refractivity contribution in [1.29, 1.82) is 0 Å². The number of benzene rings is 1. The Morgan fingerprint density at radius 1 is 1.24 bits per heavy atom. The number of rotatable bonds is 6. The van der Waals surface area contributed by atoms with Gasteiger partial charge in [-0.2, -0.15) is 4.31 Å². The van der Waals surface area contributed by atoms with E-state index in [2.05, 4.69) is 24.7 Å². The summed E-state index contributed by atoms with van der Waals surface area (Å²) in [5.74, 6) is 0. The molecule has 1 aromatic carbocycles. The van der Waals surface area contributed by atoms with Gasteiger partial charge in [-0.3, -0.25) is 0 Å². The van der Waals surface area contributed by atoms with Crippen molar-refractivity contribution >= 4 is 33.0 Å². The Morgan fingerprint density at radius 3 is 2.56 bits per heavy atom. The van der Waals surface area contributed by atoms with Gasteiger partial charge in [0, 0.05) is 18.8 Å². The second-order valence-electron chi connectivity index (χ2n) is 6.78. The molecule has 1 aliphatic rings. The van der Waals surface area contributed by atoms with Gasteiger partial charge in [-0.15, -0.1) is 0 Å². The van der Waals surface area contributed by atoms with E-state index in [1.165, 1.54) is 4.90 Å². The van der Waals surface area contributed by atoms with Crippen molar-refractivity contribution < 1.29 is 13.3 Å². The summed E-state index contributed by atoms with van der Waals surface area (Å²) in [4.78, 5) is 1.66. The molecule has 0 radical (unpaired) electrons. The van der Waals surface area contributed by atoms with Crippen LogP contribution in [0, 0.1) is 6.92 Å². The summed E-state index contributed by atoms with van der Waals surface area (Å²) >= 11 is 5.32. The molecule has 1 aromatic rings. The Hall–Kier alpha value is -1.22. The molecule has 25 heavy (non-hydrogen) atoms. The Kier molecular flexibility index (Phi) is 7.18. The zero-order valence-electron chi connectivity index (χ0n) is 15.3. The molecule has 3 N–H and O–H groups in total. The Bertz CT molecular complexity index is 699. The molecule has 0 amide bonds. The highest BCUT2D eigenvalue weighted by Gasteiger charge is 2.26. The summed E-state index contributed by atoms with van der Waals surface area (Å²) < 4.78 is 27.2. The van der Waals surface area contributed by atoms with E-state index >= 15 is 0 Å². The smallest absolute Gasteiger partial charge is 0.243 e. The summed E-state index contributed by atoms with van der Waals surface area (Å²) in [5.41, 5.74) is 1.69. The van der Waals surface area contributed by atoms with Crippen LogP contribution in [0.3, 0.4) is 0 Å². The normalized spacial score (nSPS) is 16.0. The molecular weight excluding hydrogens is 356 g/mol. The minimum atomic E-state index is -3.44. The fourth-order valence-electron chi connectivity index (χ4n) is 2.74. The van der Waals surface area contributed by atoms with Crippen molar-refractivity contribution in [3.63, 3.8) is 0 Å². The number of quaternary nitrogens is 1. The molecule has 0 spiro atoms. The van der Waals surface area contributed by atoms with E-state index in [1.54, 1.807) is 16.4 Å². The van der Waals surface area contributed by atoms with Crippen LogP contribution in [0.25, 0.3) is 0 Å². The van der Waals surface area contributed by atoms with Gasteiger partial charge in [0.25, 0.3) is 0 Å². The van der Waals surface area contributed by atoms with Crippen LogP contribution in [-0.2, 0) is 10.0 Å². The lowest BCUT2D eigenvalue weighted by molar-refractivity contribution is -0.856. The van der Waals surface area contributed by atoms with Gasteiger partial charge in [0.15, 0.2) is 5.11 Å². The Balaban J connectivity index is 2.10. The predicted molar refractivity (Wildman–Crippen MR) is 106 cm³/mol. The molecule has 1 fully saturated rings. The van der Waals surface area contributed by atoms with Gasteiger partial charge in [0.2, 0.25) is 10.0 Å². The number of thiocarbonyl (C=S) groups is 1. The molecule has 1 saturated heterocycles. The van der Waals surface area contributed by atoms with Crippen LogP contribution in [0.5, 0.6) is 0 Å². The first-order chi connectivity index (χ1) is 11.8. The number of anilines is 1. The van der Waals surface area contributed by atoms with Crippen LogP contribution in [0.4, 0.5) is 5.69 Å². The van der Waals surface area contributed by atoms with Gasteiger partial charge < -0.3 is 15.5 Å². The van der Waals surface area contributed by atoms with E-state index < -0.39 is 10.0 Å². The maximum Gasteiger partial charge on any atom is 0.243 e. The van der Waals surface area contributed by atoms with E-state index in [4.69, 9.17) is 12.2 Å². The maximum atomic E-state index is 12.8. The molecule has 0 unspecified atom stereocenters. The number of hydrogen-bond donors (Lipinski definition) is 3. The highest BCUT2D eigenvalue weighted by Crippen LogP contribution is 2.25. The van der Waals surface area contributed by atoms with Crippen molar-refractivity contribution in [2.75, 3.05) is 45.6 Å². The molecule has 1 heterocycles. The number of hydrogen-bond acceptors (Lipinski definition) is 3. The predicted octanol–water partition coefficient (Wildman–Crippen LogP) is 0.601. The lowest BCUT2D eigenvalue weighted by Crippen LogP contribution is -3.06. The summed E-state index contributed by atoms with van der Waals surface area (Å²) in [7, 11) is 0.722. The molecule has 0 saturated carbocycles. The van der Waals surface area contributed by atoms with Crippen molar-refractivity contribution in [2.24, 2.45) is 0 Å². The Morgan fingerprint density at radius 2 is 1.92 bits per heavy atom. The van der Waals surface area contributed by atoms with Crippen LogP contribution < -0.4 is 15.5 Å². The largest absolute Gasteiger partial charge is 0.357 e. The van der Waals surface area contributed by atoms with E-state index in [9.17, 15) is 8.42 Å². The monoisotopic (exact) mass is 385 g/mol. The second-order valence-corrected chi connectivity index (χ2v) is 9.13.